The van der Waals surface area contributed by atoms with Gasteiger partial charge in [-0.05, 0) is 56.5 Å². The number of fused-ring (bicyclic) bond motifs is 1. The number of hydrogen-bond acceptors (Lipinski definition) is 4. The third-order valence-electron chi connectivity index (χ3n) is 6.10. The first kappa shape index (κ1) is 24.7. The molecule has 0 unspecified atom stereocenters. The number of unbranched alkanes of at least 4 members (excludes halogenated alkanes) is 1. The molecule has 2 aromatic carbocycles. The molecule has 2 aromatic heterocycles. The van der Waals surface area contributed by atoms with Gasteiger partial charge in [0.15, 0.2) is 0 Å². The van der Waals surface area contributed by atoms with Crippen LogP contribution >= 0.6 is 11.3 Å². The molecule has 182 valence electrons. The fraction of sp³-hybridized carbons (Fsp3) is 0.286. The second-order valence-corrected chi connectivity index (χ2v) is 9.64. The minimum atomic E-state index is -0.519. The number of aromatic nitrogens is 1. The van der Waals surface area contributed by atoms with E-state index < -0.39 is 5.97 Å². The molecule has 5 nitrogen and oxygen atoms in total. The topological polar surface area (TPSA) is 60.3 Å². The minimum absolute atomic E-state index is 0.203. The van der Waals surface area contributed by atoms with Gasteiger partial charge < -0.3 is 14.6 Å². The Kier molecular flexibility index (Phi) is 7.36. The molecule has 0 radical (unpaired) electrons. The summed E-state index contributed by atoms with van der Waals surface area (Å²) in [4.78, 5) is 27.6. The molecule has 4 rings (SSSR count). The van der Waals surface area contributed by atoms with Gasteiger partial charge in [0.25, 0.3) is 5.91 Å². The molecule has 0 atom stereocenters. The number of amides is 1. The van der Waals surface area contributed by atoms with Crippen LogP contribution in [0.3, 0.4) is 0 Å². The van der Waals surface area contributed by atoms with Crippen LogP contribution in [0.4, 0.5) is 9.39 Å². The van der Waals surface area contributed by atoms with Crippen LogP contribution in [-0.4, -0.2) is 23.1 Å². The van der Waals surface area contributed by atoms with Crippen molar-refractivity contribution >= 4 is 39.1 Å². The van der Waals surface area contributed by atoms with Gasteiger partial charge in [-0.25, -0.2) is 9.18 Å². The van der Waals surface area contributed by atoms with Gasteiger partial charge in [0.05, 0.1) is 6.61 Å². The second kappa shape index (κ2) is 10.4. The fourth-order valence-electron chi connectivity index (χ4n) is 4.48. The Hall–Kier alpha value is -3.45. The molecule has 2 heterocycles. The molecule has 35 heavy (non-hydrogen) atoms. The fourth-order valence-corrected chi connectivity index (χ4v) is 5.53. The average Bonchev–Trinajstić information content (AvgIpc) is 3.32. The minimum Gasteiger partial charge on any atom is -0.462 e. The highest BCUT2D eigenvalue weighted by atomic mass is 32.1. The zero-order valence-corrected chi connectivity index (χ0v) is 21.2. The maximum Gasteiger partial charge on any atom is 0.341 e. The van der Waals surface area contributed by atoms with E-state index in [1.165, 1.54) is 23.5 Å². The molecule has 0 aliphatic rings. The number of thiophene rings is 1. The number of nitrogens with one attached hydrogen (secondary N) is 1. The van der Waals surface area contributed by atoms with Crippen LogP contribution in [0.5, 0.6) is 0 Å². The smallest absolute Gasteiger partial charge is 0.341 e. The Morgan fingerprint density at radius 2 is 1.77 bits per heavy atom. The summed E-state index contributed by atoms with van der Waals surface area (Å²) in [6, 6.07) is 14.0. The number of ether oxygens (including phenoxy) is 1. The molecule has 4 aromatic rings. The molecule has 0 saturated carbocycles. The van der Waals surface area contributed by atoms with Crippen molar-refractivity contribution in [2.24, 2.45) is 0 Å². The highest BCUT2D eigenvalue weighted by Gasteiger charge is 2.27. The van der Waals surface area contributed by atoms with Crippen LogP contribution in [0.15, 0.2) is 48.5 Å². The summed E-state index contributed by atoms with van der Waals surface area (Å²) in [5.41, 5.74) is 4.14. The van der Waals surface area contributed by atoms with Crippen LogP contribution < -0.4 is 5.32 Å². The lowest BCUT2D eigenvalue weighted by molar-refractivity contribution is 0.0529. The van der Waals surface area contributed by atoms with E-state index in [-0.39, 0.29) is 18.3 Å². The van der Waals surface area contributed by atoms with E-state index in [4.69, 9.17) is 4.74 Å². The van der Waals surface area contributed by atoms with Crippen molar-refractivity contribution in [1.82, 2.24) is 4.57 Å². The lowest BCUT2D eigenvalue weighted by Gasteiger charge is -2.12. The normalized spacial score (nSPS) is 11.1. The highest BCUT2D eigenvalue weighted by molar-refractivity contribution is 7.17. The van der Waals surface area contributed by atoms with Crippen molar-refractivity contribution in [3.63, 3.8) is 0 Å². The summed E-state index contributed by atoms with van der Waals surface area (Å²) >= 11 is 1.32. The number of benzene rings is 2. The van der Waals surface area contributed by atoms with E-state index in [9.17, 15) is 14.0 Å². The van der Waals surface area contributed by atoms with Crippen molar-refractivity contribution in [2.45, 2.75) is 47.1 Å². The van der Waals surface area contributed by atoms with Crippen molar-refractivity contribution in [3.8, 4) is 11.1 Å². The van der Waals surface area contributed by atoms with Crippen LogP contribution in [0.25, 0.3) is 22.0 Å². The lowest BCUT2D eigenvalue weighted by Crippen LogP contribution is -2.19. The monoisotopic (exact) mass is 492 g/mol. The van der Waals surface area contributed by atoms with Crippen LogP contribution in [0, 0.1) is 19.7 Å². The van der Waals surface area contributed by atoms with Gasteiger partial charge in [-0.3, -0.25) is 4.79 Å². The molecule has 0 spiro atoms. The van der Waals surface area contributed by atoms with Gasteiger partial charge in [0.2, 0.25) is 0 Å². The Morgan fingerprint density at radius 3 is 2.46 bits per heavy atom. The van der Waals surface area contributed by atoms with E-state index >= 15 is 0 Å². The van der Waals surface area contributed by atoms with E-state index in [1.807, 2.05) is 38.1 Å². The first-order chi connectivity index (χ1) is 16.9. The summed E-state index contributed by atoms with van der Waals surface area (Å²) in [6.07, 6.45) is 1.95. The van der Waals surface area contributed by atoms with Crippen LogP contribution in [0.2, 0.25) is 0 Å². The van der Waals surface area contributed by atoms with Gasteiger partial charge in [0, 0.05) is 27.9 Å². The highest BCUT2D eigenvalue weighted by Crippen LogP contribution is 2.41. The first-order valence-corrected chi connectivity index (χ1v) is 12.6. The molecule has 1 N–H and O–H groups in total. The summed E-state index contributed by atoms with van der Waals surface area (Å²) < 4.78 is 21.0. The van der Waals surface area contributed by atoms with Crippen LogP contribution in [0.1, 0.15) is 58.0 Å². The molecule has 0 saturated heterocycles. The first-order valence-electron chi connectivity index (χ1n) is 11.8. The number of carbonyl (C=O) groups is 2. The van der Waals surface area contributed by atoms with Gasteiger partial charge in [-0.15, -0.1) is 11.3 Å². The predicted molar refractivity (Wildman–Crippen MR) is 140 cm³/mol. The van der Waals surface area contributed by atoms with E-state index in [0.717, 1.165) is 40.7 Å². The lowest BCUT2D eigenvalue weighted by atomic mass is 10.0. The summed E-state index contributed by atoms with van der Waals surface area (Å²) in [5.74, 6) is -1.15. The van der Waals surface area contributed by atoms with Gasteiger partial charge in [-0.1, -0.05) is 43.7 Å². The second-order valence-electron chi connectivity index (χ2n) is 8.41. The molecular formula is C28H29FN2O3S. The molecule has 1 amide bonds. The number of esters is 1. The molecular weight excluding hydrogens is 463 g/mol. The number of halogens is 1. The average molecular weight is 493 g/mol. The Balaban J connectivity index is 1.81. The van der Waals surface area contributed by atoms with Gasteiger partial charge in [-0.2, -0.15) is 0 Å². The Bertz CT molecular complexity index is 1390. The van der Waals surface area contributed by atoms with E-state index in [2.05, 4.69) is 16.8 Å². The zero-order chi connectivity index (χ0) is 25.1. The third-order valence-corrected chi connectivity index (χ3v) is 7.12. The van der Waals surface area contributed by atoms with Crippen LogP contribution in [-0.2, 0) is 11.3 Å². The van der Waals surface area contributed by atoms with E-state index in [1.54, 1.807) is 19.1 Å². The van der Waals surface area contributed by atoms with E-state index in [0.29, 0.717) is 27.4 Å². The summed E-state index contributed by atoms with van der Waals surface area (Å²) in [7, 11) is 0. The summed E-state index contributed by atoms with van der Waals surface area (Å²) in [5, 5.41) is 4.47. The largest absolute Gasteiger partial charge is 0.462 e. The summed E-state index contributed by atoms with van der Waals surface area (Å²) in [6.45, 7) is 8.62. The van der Waals surface area contributed by atoms with Crippen molar-refractivity contribution in [3.05, 3.63) is 76.0 Å². The zero-order valence-electron chi connectivity index (χ0n) is 20.4. The third kappa shape index (κ3) is 4.73. The maximum absolute atomic E-state index is 13.7. The predicted octanol–water partition coefficient (Wildman–Crippen LogP) is 7.35. The van der Waals surface area contributed by atoms with Crippen molar-refractivity contribution in [2.75, 3.05) is 11.9 Å². The Labute approximate surface area is 208 Å². The number of carbonyl (C=O) groups excluding carboxylic acids is 2. The molecule has 7 heteroatoms. The number of hydrogen-bond donors (Lipinski definition) is 1. The van der Waals surface area contributed by atoms with Crippen molar-refractivity contribution in [1.29, 1.82) is 0 Å². The maximum atomic E-state index is 13.7. The van der Waals surface area contributed by atoms with Crippen molar-refractivity contribution < 1.29 is 18.7 Å². The van der Waals surface area contributed by atoms with Gasteiger partial charge >= 0.3 is 5.97 Å². The molecule has 0 aliphatic heterocycles. The standard InChI is InChI=1S/C28H29FN2O3S/c1-5-7-16-31-22-11-9-8-10-21(22)17(3)25(31)26(32)30-27-24(28(33)34-6-2)23(18(4)35-27)19-12-14-20(29)15-13-19/h8-15H,5-7,16H2,1-4H3,(H,30,32). The number of rotatable bonds is 8. The number of anilines is 1. The van der Waals surface area contributed by atoms with Gasteiger partial charge in [0.1, 0.15) is 22.1 Å². The molecule has 0 fully saturated rings. The quantitative estimate of drug-likeness (QED) is 0.262. The number of nitrogens with zero attached hydrogens (tertiary/aromatic N) is 1. The molecule has 0 aliphatic carbocycles. The number of aryl methyl sites for hydroxylation is 3. The number of para-hydroxylation sites is 1. The SMILES string of the molecule is CCCCn1c(C(=O)Nc2sc(C)c(-c3ccc(F)cc3)c2C(=O)OCC)c(C)c2ccccc21. The Morgan fingerprint density at radius 1 is 1.06 bits per heavy atom. The molecule has 0 bridgehead atoms.